The van der Waals surface area contributed by atoms with Gasteiger partial charge in [0.15, 0.2) is 0 Å². The van der Waals surface area contributed by atoms with Gasteiger partial charge in [-0.15, -0.1) is 11.3 Å². The van der Waals surface area contributed by atoms with Gasteiger partial charge in [-0.05, 0) is 24.3 Å². The molecule has 0 unspecified atom stereocenters. The maximum atomic E-state index is 13.5. The minimum absolute atomic E-state index is 0.0983. The zero-order valence-electron chi connectivity index (χ0n) is 11.1. The van der Waals surface area contributed by atoms with Crippen molar-refractivity contribution in [2.45, 2.75) is 0 Å². The van der Waals surface area contributed by atoms with Crippen molar-refractivity contribution >= 4 is 22.9 Å². The molecule has 0 saturated heterocycles. The Balaban J connectivity index is 1.80. The highest BCUT2D eigenvalue weighted by Crippen LogP contribution is 2.22. The second kappa shape index (κ2) is 5.98. The number of pyridine rings is 1. The van der Waals surface area contributed by atoms with Crippen molar-refractivity contribution in [2.24, 2.45) is 0 Å². The Bertz CT molecular complexity index is 821. The maximum absolute atomic E-state index is 13.5. The molecule has 1 N–H and O–H groups in total. The molecule has 0 saturated carbocycles. The third-order valence-corrected chi connectivity index (χ3v) is 3.66. The number of amides is 1. The number of aromatic nitrogens is 2. The van der Waals surface area contributed by atoms with E-state index in [0.717, 1.165) is 12.1 Å². The molecule has 7 heteroatoms. The van der Waals surface area contributed by atoms with Crippen LogP contribution in [0.5, 0.6) is 0 Å². The average Bonchev–Trinajstić information content (AvgIpc) is 3.01. The van der Waals surface area contributed by atoms with Gasteiger partial charge in [0.2, 0.25) is 0 Å². The van der Waals surface area contributed by atoms with Crippen LogP contribution in [0.4, 0.5) is 14.5 Å². The third kappa shape index (κ3) is 2.99. The summed E-state index contributed by atoms with van der Waals surface area (Å²) >= 11 is 1.26. The molecule has 3 aromatic rings. The van der Waals surface area contributed by atoms with E-state index in [1.165, 1.54) is 11.3 Å². The first-order chi connectivity index (χ1) is 10.6. The van der Waals surface area contributed by atoms with Gasteiger partial charge in [-0.2, -0.15) is 0 Å². The van der Waals surface area contributed by atoms with Gasteiger partial charge in [0.05, 0.1) is 11.4 Å². The van der Waals surface area contributed by atoms with Crippen LogP contribution in [0.25, 0.3) is 10.7 Å². The number of hydrogen-bond donors (Lipinski definition) is 1. The number of nitrogens with one attached hydrogen (secondary N) is 1. The fraction of sp³-hybridized carbons (Fsp3) is 0. The number of nitrogens with zero attached hydrogens (tertiary/aromatic N) is 2. The standard InChI is InChI=1S/C15H9F2N3OS/c16-9-4-5-11(10(17)7-9)19-14(21)13-8-22-15(20-13)12-3-1-2-6-18-12/h1-8H,(H,19,21). The second-order valence-electron chi connectivity index (χ2n) is 4.33. The molecule has 0 bridgehead atoms. The summed E-state index contributed by atoms with van der Waals surface area (Å²) in [4.78, 5) is 20.4. The van der Waals surface area contributed by atoms with E-state index in [4.69, 9.17) is 0 Å². The summed E-state index contributed by atoms with van der Waals surface area (Å²) in [6.07, 6.45) is 1.63. The molecule has 1 amide bonds. The van der Waals surface area contributed by atoms with Crippen molar-refractivity contribution < 1.29 is 13.6 Å². The molecule has 0 fully saturated rings. The Labute approximate surface area is 128 Å². The van der Waals surface area contributed by atoms with Crippen LogP contribution in [0.1, 0.15) is 10.5 Å². The van der Waals surface area contributed by atoms with Gasteiger partial charge in [-0.25, -0.2) is 13.8 Å². The van der Waals surface area contributed by atoms with E-state index in [1.807, 2.05) is 6.07 Å². The molecular formula is C15H9F2N3OS. The smallest absolute Gasteiger partial charge is 0.275 e. The number of carbonyl (C=O) groups excluding carboxylic acids is 1. The highest BCUT2D eigenvalue weighted by molar-refractivity contribution is 7.13. The predicted molar refractivity (Wildman–Crippen MR) is 79.7 cm³/mol. The van der Waals surface area contributed by atoms with Crippen LogP contribution in [-0.2, 0) is 0 Å². The van der Waals surface area contributed by atoms with Crippen molar-refractivity contribution in [3.63, 3.8) is 0 Å². The highest BCUT2D eigenvalue weighted by atomic mass is 32.1. The number of anilines is 1. The van der Waals surface area contributed by atoms with Crippen LogP contribution in [0.2, 0.25) is 0 Å². The molecule has 0 atom stereocenters. The first kappa shape index (κ1) is 14.3. The van der Waals surface area contributed by atoms with E-state index in [0.29, 0.717) is 16.8 Å². The molecular weight excluding hydrogens is 308 g/mol. The van der Waals surface area contributed by atoms with Crippen LogP contribution < -0.4 is 5.32 Å². The molecule has 4 nitrogen and oxygen atoms in total. The zero-order chi connectivity index (χ0) is 15.5. The van der Waals surface area contributed by atoms with Gasteiger partial charge >= 0.3 is 0 Å². The minimum Gasteiger partial charge on any atom is -0.318 e. The Hall–Kier alpha value is -2.67. The van der Waals surface area contributed by atoms with Crippen molar-refractivity contribution in [1.29, 1.82) is 0 Å². The molecule has 0 radical (unpaired) electrons. The fourth-order valence-corrected chi connectivity index (χ4v) is 2.54. The summed E-state index contributed by atoms with van der Waals surface area (Å²) in [5, 5.41) is 4.51. The lowest BCUT2D eigenvalue weighted by molar-refractivity contribution is 0.102. The molecule has 0 spiro atoms. The van der Waals surface area contributed by atoms with Crippen molar-refractivity contribution in [2.75, 3.05) is 5.32 Å². The first-order valence-corrected chi connectivity index (χ1v) is 7.15. The van der Waals surface area contributed by atoms with Crippen molar-refractivity contribution in [3.8, 4) is 10.7 Å². The lowest BCUT2D eigenvalue weighted by Crippen LogP contribution is -2.13. The number of benzene rings is 1. The van der Waals surface area contributed by atoms with Gasteiger partial charge in [-0.3, -0.25) is 9.78 Å². The van der Waals surface area contributed by atoms with Crippen LogP contribution in [0.3, 0.4) is 0 Å². The second-order valence-corrected chi connectivity index (χ2v) is 5.19. The molecule has 2 heterocycles. The molecule has 0 aliphatic heterocycles. The van der Waals surface area contributed by atoms with E-state index < -0.39 is 17.5 Å². The molecule has 3 rings (SSSR count). The van der Waals surface area contributed by atoms with E-state index in [9.17, 15) is 13.6 Å². The van der Waals surface area contributed by atoms with Crippen LogP contribution in [0, 0.1) is 11.6 Å². The van der Waals surface area contributed by atoms with Gasteiger partial charge < -0.3 is 5.32 Å². The van der Waals surface area contributed by atoms with Gasteiger partial charge in [-0.1, -0.05) is 6.07 Å². The summed E-state index contributed by atoms with van der Waals surface area (Å²) in [5.41, 5.74) is 0.702. The summed E-state index contributed by atoms with van der Waals surface area (Å²) in [6, 6.07) is 8.31. The van der Waals surface area contributed by atoms with E-state index in [-0.39, 0.29) is 11.4 Å². The quantitative estimate of drug-likeness (QED) is 0.800. The Kier molecular flexibility index (Phi) is 3.88. The summed E-state index contributed by atoms with van der Waals surface area (Å²) in [7, 11) is 0. The summed E-state index contributed by atoms with van der Waals surface area (Å²) in [5.74, 6) is -2.11. The van der Waals surface area contributed by atoms with Crippen LogP contribution in [0.15, 0.2) is 48.0 Å². The minimum atomic E-state index is -0.839. The summed E-state index contributed by atoms with van der Waals surface area (Å²) in [6.45, 7) is 0. The molecule has 2 aromatic heterocycles. The molecule has 0 aliphatic rings. The topological polar surface area (TPSA) is 54.9 Å². The normalized spacial score (nSPS) is 10.5. The lowest BCUT2D eigenvalue weighted by atomic mass is 10.3. The molecule has 110 valence electrons. The van der Waals surface area contributed by atoms with E-state index >= 15 is 0 Å². The first-order valence-electron chi connectivity index (χ1n) is 6.27. The largest absolute Gasteiger partial charge is 0.318 e. The SMILES string of the molecule is O=C(Nc1ccc(F)cc1F)c1csc(-c2ccccn2)n1. The Morgan fingerprint density at radius 3 is 2.77 bits per heavy atom. The Morgan fingerprint density at radius 2 is 2.05 bits per heavy atom. The zero-order valence-corrected chi connectivity index (χ0v) is 11.9. The monoisotopic (exact) mass is 317 g/mol. The number of hydrogen-bond acceptors (Lipinski definition) is 4. The van der Waals surface area contributed by atoms with Gasteiger partial charge in [0, 0.05) is 17.6 Å². The third-order valence-electron chi connectivity index (χ3n) is 2.80. The lowest BCUT2D eigenvalue weighted by Gasteiger charge is -2.04. The number of thiazole rings is 1. The van der Waals surface area contributed by atoms with Gasteiger partial charge in [0.1, 0.15) is 22.3 Å². The van der Waals surface area contributed by atoms with Crippen molar-refractivity contribution in [3.05, 3.63) is 65.3 Å². The highest BCUT2D eigenvalue weighted by Gasteiger charge is 2.14. The maximum Gasteiger partial charge on any atom is 0.275 e. The van der Waals surface area contributed by atoms with E-state index in [2.05, 4.69) is 15.3 Å². The molecule has 1 aromatic carbocycles. The van der Waals surface area contributed by atoms with Gasteiger partial charge in [0.25, 0.3) is 5.91 Å². The number of halogens is 2. The fourth-order valence-electron chi connectivity index (χ4n) is 1.76. The summed E-state index contributed by atoms with van der Waals surface area (Å²) < 4.78 is 26.3. The molecule has 0 aliphatic carbocycles. The van der Waals surface area contributed by atoms with Crippen LogP contribution >= 0.6 is 11.3 Å². The van der Waals surface area contributed by atoms with Crippen LogP contribution in [-0.4, -0.2) is 15.9 Å². The number of carbonyl (C=O) groups is 1. The number of rotatable bonds is 3. The predicted octanol–water partition coefficient (Wildman–Crippen LogP) is 3.74. The van der Waals surface area contributed by atoms with E-state index in [1.54, 1.807) is 23.7 Å². The average molecular weight is 317 g/mol. The molecule has 22 heavy (non-hydrogen) atoms. The Morgan fingerprint density at radius 1 is 1.18 bits per heavy atom. The van der Waals surface area contributed by atoms with Crippen molar-refractivity contribution in [1.82, 2.24) is 9.97 Å².